The number of carbonyl (C=O) groups excluding carboxylic acids is 3. The SMILES string of the molecule is CC(C)(C)OC(=O)N(Cc1ccc(-c2cccc(-c3cccc4c3cnn4Cc3cc(OCc4cncc(C#N)c4)c(C=O)cc3Cl)c2Cl)cc1)C[C@@H]1CCC(=O)N1. The van der Waals surface area contributed by atoms with Crippen molar-refractivity contribution in [1.82, 2.24) is 25.0 Å². The second kappa shape index (κ2) is 17.1. The molecule has 0 saturated carbocycles. The van der Waals surface area contributed by atoms with Gasteiger partial charge in [0.25, 0.3) is 0 Å². The number of nitrogens with one attached hydrogen (secondary N) is 1. The van der Waals surface area contributed by atoms with Crippen LogP contribution < -0.4 is 10.1 Å². The summed E-state index contributed by atoms with van der Waals surface area (Å²) in [5, 5.41) is 18.8. The number of hydrogen-bond donors (Lipinski definition) is 1. The van der Waals surface area contributed by atoms with Crippen LogP contribution in [-0.4, -0.2) is 56.1 Å². The summed E-state index contributed by atoms with van der Waals surface area (Å²) in [5.74, 6) is 0.343. The van der Waals surface area contributed by atoms with E-state index < -0.39 is 11.7 Å². The predicted octanol–water partition coefficient (Wildman–Crippen LogP) is 9.40. The number of pyridine rings is 1. The Hall–Kier alpha value is -6.22. The molecule has 0 bridgehead atoms. The first-order valence-electron chi connectivity index (χ1n) is 18.7. The molecule has 0 spiro atoms. The number of ether oxygens (including phenoxy) is 2. The first-order valence-corrected chi connectivity index (χ1v) is 19.5. The molecule has 1 N–H and O–H groups in total. The van der Waals surface area contributed by atoms with Crippen LogP contribution in [0.3, 0.4) is 0 Å². The molecule has 0 unspecified atom stereocenters. The zero-order valence-corrected chi connectivity index (χ0v) is 33.7. The Bertz CT molecular complexity index is 2560. The van der Waals surface area contributed by atoms with E-state index in [0.717, 1.165) is 38.7 Å². The Morgan fingerprint density at radius 2 is 1.76 bits per heavy atom. The lowest BCUT2D eigenvalue weighted by Crippen LogP contribution is -2.43. The summed E-state index contributed by atoms with van der Waals surface area (Å²) in [7, 11) is 0. The molecular formula is C45H40Cl2N6O5. The van der Waals surface area contributed by atoms with E-state index in [4.69, 9.17) is 37.8 Å². The zero-order valence-electron chi connectivity index (χ0n) is 32.2. The van der Waals surface area contributed by atoms with Gasteiger partial charge in [-0.15, -0.1) is 0 Å². The predicted molar refractivity (Wildman–Crippen MR) is 223 cm³/mol. The number of benzene rings is 4. The van der Waals surface area contributed by atoms with Crippen molar-refractivity contribution >= 4 is 52.4 Å². The molecule has 294 valence electrons. The van der Waals surface area contributed by atoms with Crippen molar-refractivity contribution in [3.8, 4) is 34.1 Å². The molecule has 1 fully saturated rings. The van der Waals surface area contributed by atoms with E-state index in [1.165, 1.54) is 6.20 Å². The van der Waals surface area contributed by atoms with Gasteiger partial charge in [0.15, 0.2) is 6.29 Å². The van der Waals surface area contributed by atoms with Crippen LogP contribution in [0.15, 0.2) is 97.5 Å². The summed E-state index contributed by atoms with van der Waals surface area (Å²) in [4.78, 5) is 42.7. The molecule has 6 aromatic rings. The fourth-order valence-electron chi connectivity index (χ4n) is 6.95. The van der Waals surface area contributed by atoms with Gasteiger partial charge in [-0.05, 0) is 73.7 Å². The third-order valence-electron chi connectivity index (χ3n) is 9.74. The summed E-state index contributed by atoms with van der Waals surface area (Å²) in [6.07, 6.45) is 6.25. The quantitative estimate of drug-likeness (QED) is 0.121. The molecule has 1 atom stereocenters. The largest absolute Gasteiger partial charge is 0.488 e. The highest BCUT2D eigenvalue weighted by molar-refractivity contribution is 6.36. The Kier molecular flexibility index (Phi) is 11.8. The monoisotopic (exact) mass is 814 g/mol. The Morgan fingerprint density at radius 1 is 1.00 bits per heavy atom. The van der Waals surface area contributed by atoms with Crippen molar-refractivity contribution in [3.05, 3.63) is 135 Å². The highest BCUT2D eigenvalue weighted by atomic mass is 35.5. The highest BCUT2D eigenvalue weighted by Gasteiger charge is 2.28. The van der Waals surface area contributed by atoms with E-state index in [1.54, 1.807) is 35.5 Å². The maximum absolute atomic E-state index is 13.2. The van der Waals surface area contributed by atoms with Gasteiger partial charge < -0.3 is 19.7 Å². The fourth-order valence-corrected chi connectivity index (χ4v) is 7.52. The zero-order chi connectivity index (χ0) is 41.0. The average Bonchev–Trinajstić information content (AvgIpc) is 3.82. The molecule has 1 saturated heterocycles. The molecular weight excluding hydrogens is 775 g/mol. The summed E-state index contributed by atoms with van der Waals surface area (Å²) < 4.78 is 13.5. The molecule has 2 amide bonds. The van der Waals surface area contributed by atoms with E-state index in [9.17, 15) is 19.6 Å². The van der Waals surface area contributed by atoms with Crippen molar-refractivity contribution < 1.29 is 23.9 Å². The van der Waals surface area contributed by atoms with Crippen LogP contribution in [0.5, 0.6) is 5.75 Å². The van der Waals surface area contributed by atoms with E-state index in [1.807, 2.05) is 86.1 Å². The smallest absolute Gasteiger partial charge is 0.410 e. The molecule has 2 aromatic heterocycles. The van der Waals surface area contributed by atoms with Gasteiger partial charge in [0.05, 0.1) is 34.4 Å². The number of halogens is 2. The second-order valence-corrected chi connectivity index (χ2v) is 15.9. The molecule has 58 heavy (non-hydrogen) atoms. The van der Waals surface area contributed by atoms with Gasteiger partial charge in [-0.2, -0.15) is 10.4 Å². The lowest BCUT2D eigenvalue weighted by atomic mass is 9.96. The summed E-state index contributed by atoms with van der Waals surface area (Å²) >= 11 is 13.9. The van der Waals surface area contributed by atoms with Crippen molar-refractivity contribution in [3.63, 3.8) is 0 Å². The number of carbonyl (C=O) groups is 3. The van der Waals surface area contributed by atoms with Crippen LogP contribution in [0, 0.1) is 11.3 Å². The van der Waals surface area contributed by atoms with Gasteiger partial charge >= 0.3 is 6.09 Å². The highest BCUT2D eigenvalue weighted by Crippen LogP contribution is 2.40. The molecule has 0 aliphatic carbocycles. The molecule has 3 heterocycles. The Morgan fingerprint density at radius 3 is 2.48 bits per heavy atom. The molecule has 13 heteroatoms. The van der Waals surface area contributed by atoms with Gasteiger partial charge in [0.2, 0.25) is 5.91 Å². The number of hydrogen-bond acceptors (Lipinski definition) is 8. The van der Waals surface area contributed by atoms with Crippen LogP contribution in [-0.2, 0) is 29.2 Å². The average molecular weight is 816 g/mol. The third-order valence-corrected chi connectivity index (χ3v) is 10.5. The minimum absolute atomic E-state index is 0.00841. The maximum atomic E-state index is 13.2. The standard InChI is InChI=1S/C45H40Cl2N6O5/c1-45(2,3)58-44(56)52(25-34-14-15-42(55)51-34)23-28-10-12-31(13-11-28)35-6-4-8-37(43(35)47)36-7-5-9-40-38(36)22-50-53(40)24-32-18-41(33(26-54)17-39(32)46)57-27-30-16-29(19-48)20-49-21-30/h4-13,16-18,20-22,26,34H,14-15,23-25,27H2,1-3H3,(H,51,55)/t34-/m0/s1. The first-order chi connectivity index (χ1) is 27.9. The van der Waals surface area contributed by atoms with E-state index >= 15 is 0 Å². The minimum Gasteiger partial charge on any atom is -0.488 e. The lowest BCUT2D eigenvalue weighted by Gasteiger charge is -2.29. The first kappa shape index (κ1) is 40.0. The number of rotatable bonds is 12. The lowest BCUT2D eigenvalue weighted by molar-refractivity contribution is -0.119. The number of aldehydes is 1. The summed E-state index contributed by atoms with van der Waals surface area (Å²) in [6, 6.07) is 26.7. The van der Waals surface area contributed by atoms with Crippen molar-refractivity contribution in [2.75, 3.05) is 6.54 Å². The normalized spacial score (nSPS) is 13.9. The van der Waals surface area contributed by atoms with E-state index in [-0.39, 0.29) is 18.6 Å². The van der Waals surface area contributed by atoms with Crippen LogP contribution in [0.4, 0.5) is 4.79 Å². The number of amides is 2. The fraction of sp³-hybridized carbons (Fsp3) is 0.244. The van der Waals surface area contributed by atoms with E-state index in [0.29, 0.717) is 76.8 Å². The van der Waals surface area contributed by atoms with Gasteiger partial charge in [-0.3, -0.25) is 19.3 Å². The second-order valence-electron chi connectivity index (χ2n) is 15.2. The maximum Gasteiger partial charge on any atom is 0.410 e. The van der Waals surface area contributed by atoms with Crippen LogP contribution in [0.25, 0.3) is 33.2 Å². The van der Waals surface area contributed by atoms with Crippen LogP contribution in [0.2, 0.25) is 10.0 Å². The van der Waals surface area contributed by atoms with Crippen LogP contribution in [0.1, 0.15) is 66.2 Å². The van der Waals surface area contributed by atoms with Gasteiger partial charge in [-0.25, -0.2) is 4.79 Å². The van der Waals surface area contributed by atoms with E-state index in [2.05, 4.69) is 16.4 Å². The number of aromatic nitrogens is 3. The molecule has 1 aliphatic heterocycles. The van der Waals surface area contributed by atoms with Crippen molar-refractivity contribution in [2.45, 2.75) is 65.0 Å². The number of fused-ring (bicyclic) bond motifs is 1. The molecule has 11 nitrogen and oxygen atoms in total. The molecule has 0 radical (unpaired) electrons. The van der Waals surface area contributed by atoms with Crippen molar-refractivity contribution in [1.29, 1.82) is 5.26 Å². The summed E-state index contributed by atoms with van der Waals surface area (Å²) in [6.45, 7) is 6.57. The van der Waals surface area contributed by atoms with Gasteiger partial charge in [0, 0.05) is 65.0 Å². The molecule has 4 aromatic carbocycles. The minimum atomic E-state index is -0.659. The van der Waals surface area contributed by atoms with Crippen LogP contribution >= 0.6 is 23.2 Å². The Balaban J connectivity index is 1.11. The topological polar surface area (TPSA) is 139 Å². The number of nitriles is 1. The van der Waals surface area contributed by atoms with Gasteiger partial charge in [-0.1, -0.05) is 77.8 Å². The molecule has 7 rings (SSSR count). The number of nitrogens with zero attached hydrogens (tertiary/aromatic N) is 5. The van der Waals surface area contributed by atoms with Gasteiger partial charge in [0.1, 0.15) is 24.0 Å². The Labute approximate surface area is 346 Å². The summed E-state index contributed by atoms with van der Waals surface area (Å²) in [5.41, 5.74) is 6.69. The van der Waals surface area contributed by atoms with Crippen molar-refractivity contribution in [2.24, 2.45) is 0 Å². The molecule has 1 aliphatic rings. The third kappa shape index (κ3) is 9.15.